The number of carbonyl (C=O) groups excluding carboxylic acids is 3. The van der Waals surface area contributed by atoms with Gasteiger partial charge in [0.05, 0.1) is 10.4 Å². The highest BCUT2D eigenvalue weighted by molar-refractivity contribution is 7.20. The Kier molecular flexibility index (Phi) is 9.41. The Hall–Kier alpha value is -5.24. The number of nitrogens with zero attached hydrogens (tertiary/aromatic N) is 3. The minimum Gasteiger partial charge on any atom is -0.381 e. The molecule has 0 radical (unpaired) electrons. The van der Waals surface area contributed by atoms with E-state index < -0.39 is 23.2 Å². The van der Waals surface area contributed by atoms with Crippen molar-refractivity contribution in [2.45, 2.75) is 33.1 Å². The van der Waals surface area contributed by atoms with Gasteiger partial charge in [-0.2, -0.15) is 0 Å². The largest absolute Gasteiger partial charge is 0.381 e. The number of rotatable bonds is 7. The van der Waals surface area contributed by atoms with E-state index >= 15 is 0 Å². The van der Waals surface area contributed by atoms with Crippen LogP contribution in [-0.4, -0.2) is 55.6 Å². The summed E-state index contributed by atoms with van der Waals surface area (Å²) in [6.07, 6.45) is 5.61. The van der Waals surface area contributed by atoms with Crippen LogP contribution in [0.5, 0.6) is 0 Å². The molecule has 6 heterocycles. The fourth-order valence-electron chi connectivity index (χ4n) is 7.42. The Balaban J connectivity index is 0.973. The van der Waals surface area contributed by atoms with Crippen LogP contribution in [-0.2, 0) is 11.2 Å². The van der Waals surface area contributed by atoms with Crippen LogP contribution < -0.4 is 20.4 Å². The topological polar surface area (TPSA) is 104 Å². The fraction of sp³-hybridized carbons (Fsp3) is 0.268. The van der Waals surface area contributed by atoms with Crippen LogP contribution in [0.25, 0.3) is 16.5 Å². The molecule has 2 aromatic carbocycles. The molecule has 2 N–H and O–H groups in total. The summed E-state index contributed by atoms with van der Waals surface area (Å²) >= 11 is 2.71. The molecule has 0 saturated carbocycles. The van der Waals surface area contributed by atoms with Gasteiger partial charge >= 0.3 is 0 Å². The predicted octanol–water partition coefficient (Wildman–Crippen LogP) is 8.73. The summed E-state index contributed by atoms with van der Waals surface area (Å²) in [5, 5.41) is 6.15. The first-order chi connectivity index (χ1) is 26.0. The molecule has 0 atom stereocenters. The van der Waals surface area contributed by atoms with Crippen molar-refractivity contribution in [3.8, 4) is 10.4 Å². The zero-order valence-corrected chi connectivity index (χ0v) is 31.4. The molecule has 0 unspecified atom stereocenters. The lowest BCUT2D eigenvalue weighted by Crippen LogP contribution is -2.59. The van der Waals surface area contributed by atoms with Crippen LogP contribution in [0.3, 0.4) is 0 Å². The van der Waals surface area contributed by atoms with Gasteiger partial charge in [-0.1, -0.05) is 12.7 Å². The maximum Gasteiger partial charge on any atom is 0.265 e. The van der Waals surface area contributed by atoms with Crippen molar-refractivity contribution in [3.05, 3.63) is 117 Å². The van der Waals surface area contributed by atoms with Crippen LogP contribution in [0.1, 0.15) is 64.8 Å². The molecule has 1 spiro atoms. The first-order valence-electron chi connectivity index (χ1n) is 17.7. The number of pyridine rings is 1. The Bertz CT molecular complexity index is 2300. The van der Waals surface area contributed by atoms with E-state index in [0.717, 1.165) is 82.7 Å². The summed E-state index contributed by atoms with van der Waals surface area (Å²) in [4.78, 5) is 51.6. The van der Waals surface area contributed by atoms with Crippen LogP contribution in [0.2, 0.25) is 0 Å². The van der Waals surface area contributed by atoms with Gasteiger partial charge in [-0.15, -0.1) is 22.7 Å². The molecule has 2 saturated heterocycles. The van der Waals surface area contributed by atoms with Gasteiger partial charge in [0.2, 0.25) is 0 Å². The van der Waals surface area contributed by atoms with Gasteiger partial charge in [0.1, 0.15) is 28.1 Å². The van der Waals surface area contributed by atoms with E-state index in [4.69, 9.17) is 4.74 Å². The molecule has 8 rings (SSSR count). The van der Waals surface area contributed by atoms with E-state index in [9.17, 15) is 23.2 Å². The molecule has 276 valence electrons. The summed E-state index contributed by atoms with van der Waals surface area (Å²) < 4.78 is 34.8. The number of aromatic nitrogens is 1. The lowest BCUT2D eigenvalue weighted by molar-refractivity contribution is -0.000511. The number of halogens is 2. The zero-order valence-electron chi connectivity index (χ0n) is 29.8. The standard InChI is InChI=1S/C41H37F2N5O4S2/c1-4-25-17-31(42)34(32(43)18-25)46-38(50)33-19-27-9-12-48(40-29(35(27)54-33)16-24(3)53-40)39(51)26-5-7-28(8-6-26)45-37(49)30-15-23(2)20-44-36(30)47-21-41(22-47)10-13-52-14-11-41/h4-8,15-20H,1,9-14,21-22H2,2-3H3,(H,45,49)(H,46,50). The van der Waals surface area contributed by atoms with Crippen LogP contribution >= 0.6 is 22.7 Å². The van der Waals surface area contributed by atoms with Gasteiger partial charge < -0.3 is 20.3 Å². The fourth-order valence-corrected chi connectivity index (χ4v) is 9.64. The number of hydrogen-bond acceptors (Lipinski definition) is 8. The van der Waals surface area contributed by atoms with E-state index in [-0.39, 0.29) is 22.8 Å². The molecular formula is C41H37F2N5O4S2. The molecule has 3 aliphatic rings. The number of thiophene rings is 2. The van der Waals surface area contributed by atoms with Gasteiger partial charge in [-0.05, 0) is 104 Å². The molecular weight excluding hydrogens is 729 g/mol. The lowest BCUT2D eigenvalue weighted by Gasteiger charge is -2.53. The van der Waals surface area contributed by atoms with Gasteiger partial charge in [-0.3, -0.25) is 19.3 Å². The highest BCUT2D eigenvalue weighted by Gasteiger charge is 2.45. The van der Waals surface area contributed by atoms with Crippen molar-refractivity contribution in [2.75, 3.05) is 53.3 Å². The summed E-state index contributed by atoms with van der Waals surface area (Å²) in [5.41, 5.74) is 4.09. The molecule has 13 heteroatoms. The normalized spacial score (nSPS) is 15.9. The van der Waals surface area contributed by atoms with E-state index in [1.54, 1.807) is 41.4 Å². The summed E-state index contributed by atoms with van der Waals surface area (Å²) in [7, 11) is 0. The number of fused-ring (bicyclic) bond motifs is 3. The number of nitrogens with one attached hydrogen (secondary N) is 2. The molecule has 0 bridgehead atoms. The first-order valence-corrected chi connectivity index (χ1v) is 19.3. The Labute approximate surface area is 319 Å². The van der Waals surface area contributed by atoms with E-state index in [1.807, 2.05) is 26.0 Å². The minimum atomic E-state index is -0.889. The minimum absolute atomic E-state index is 0.192. The number of amides is 3. The number of aryl methyl sites for hydroxylation is 2. The average molecular weight is 766 g/mol. The van der Waals surface area contributed by atoms with Crippen molar-refractivity contribution in [1.29, 1.82) is 0 Å². The smallest absolute Gasteiger partial charge is 0.265 e. The van der Waals surface area contributed by atoms with Crippen molar-refractivity contribution < 1.29 is 27.9 Å². The van der Waals surface area contributed by atoms with Crippen molar-refractivity contribution in [1.82, 2.24) is 4.98 Å². The second kappa shape index (κ2) is 14.2. The lowest BCUT2D eigenvalue weighted by atomic mass is 9.73. The van der Waals surface area contributed by atoms with Gasteiger partial charge in [0, 0.05) is 71.0 Å². The molecule has 3 aromatic heterocycles. The molecule has 3 aliphatic heterocycles. The maximum atomic E-state index is 14.6. The third-order valence-electron chi connectivity index (χ3n) is 10.3. The monoisotopic (exact) mass is 765 g/mol. The molecule has 2 fully saturated rings. The second-order valence-corrected chi connectivity index (χ2v) is 16.4. The number of anilines is 4. The SMILES string of the molecule is C=Cc1cc(F)c(NC(=O)c2cc3c(s2)-c2cc(C)sc2N(C(=O)c2ccc(NC(=O)c4cc(C)cnc4N4CC5(CCOCC5)C4)cc2)CC3)c(F)c1. The van der Waals surface area contributed by atoms with E-state index in [0.29, 0.717) is 40.5 Å². The first kappa shape index (κ1) is 35.8. The van der Waals surface area contributed by atoms with Gasteiger partial charge in [0.25, 0.3) is 17.7 Å². The summed E-state index contributed by atoms with van der Waals surface area (Å²) in [5.74, 6) is -2.18. The highest BCUT2D eigenvalue weighted by Crippen LogP contribution is 2.47. The predicted molar refractivity (Wildman–Crippen MR) is 210 cm³/mol. The van der Waals surface area contributed by atoms with E-state index in [1.165, 1.54) is 28.7 Å². The molecule has 5 aromatic rings. The number of carbonyl (C=O) groups is 3. The average Bonchev–Trinajstić information content (AvgIpc) is 3.72. The summed E-state index contributed by atoms with van der Waals surface area (Å²) in [6.45, 7) is 11.0. The molecule has 54 heavy (non-hydrogen) atoms. The number of ether oxygens (including phenoxy) is 1. The second-order valence-electron chi connectivity index (χ2n) is 14.1. The number of hydrogen-bond donors (Lipinski definition) is 2. The quantitative estimate of drug-likeness (QED) is 0.172. The zero-order chi connectivity index (χ0) is 37.7. The van der Waals surface area contributed by atoms with Gasteiger partial charge in [0.15, 0.2) is 0 Å². The van der Waals surface area contributed by atoms with Crippen LogP contribution in [0.4, 0.5) is 31.0 Å². The van der Waals surface area contributed by atoms with Crippen molar-refractivity contribution in [2.24, 2.45) is 5.41 Å². The molecule has 3 amide bonds. The van der Waals surface area contributed by atoms with Gasteiger partial charge in [-0.25, -0.2) is 13.8 Å². The van der Waals surface area contributed by atoms with E-state index in [2.05, 4.69) is 27.1 Å². The number of benzene rings is 2. The molecule has 9 nitrogen and oxygen atoms in total. The summed E-state index contributed by atoms with van der Waals surface area (Å²) in [6, 6.07) is 14.7. The third-order valence-corrected chi connectivity index (χ3v) is 12.6. The van der Waals surface area contributed by atoms with Crippen LogP contribution in [0, 0.1) is 30.9 Å². The third kappa shape index (κ3) is 6.71. The molecule has 0 aliphatic carbocycles. The van der Waals surface area contributed by atoms with Crippen molar-refractivity contribution >= 4 is 68.7 Å². The Morgan fingerprint density at radius 2 is 1.67 bits per heavy atom. The van der Waals surface area contributed by atoms with Crippen LogP contribution in [0.15, 0.2) is 67.4 Å². The Morgan fingerprint density at radius 1 is 0.944 bits per heavy atom. The van der Waals surface area contributed by atoms with Crippen molar-refractivity contribution in [3.63, 3.8) is 0 Å². The maximum absolute atomic E-state index is 14.6. The highest BCUT2D eigenvalue weighted by atomic mass is 32.1. The Morgan fingerprint density at radius 3 is 2.37 bits per heavy atom.